The van der Waals surface area contributed by atoms with E-state index in [9.17, 15) is 19.7 Å². The fourth-order valence-electron chi connectivity index (χ4n) is 1.95. The largest absolute Gasteiger partial charge is 0.493 e. The maximum Gasteiger partial charge on any atom is 0.329 e. The highest BCUT2D eigenvalue weighted by Crippen LogP contribution is 2.38. The van der Waals surface area contributed by atoms with E-state index in [4.69, 9.17) is 29.2 Å². The summed E-state index contributed by atoms with van der Waals surface area (Å²) in [6.07, 6.45) is -1.20. The normalized spacial score (nSPS) is 11.6. The van der Waals surface area contributed by atoms with Crippen molar-refractivity contribution in [2.45, 2.75) is 6.10 Å². The van der Waals surface area contributed by atoms with Gasteiger partial charge in [-0.1, -0.05) is 0 Å². The molecule has 0 aromatic heterocycles. The van der Waals surface area contributed by atoms with Crippen molar-refractivity contribution < 1.29 is 43.7 Å². The quantitative estimate of drug-likeness (QED) is 0.429. The van der Waals surface area contributed by atoms with E-state index in [1.54, 1.807) is 0 Å². The number of hydrogen-bond donors (Lipinski definition) is 2. The summed E-state index contributed by atoms with van der Waals surface area (Å²) in [5.74, 6) is -2.29. The third kappa shape index (κ3) is 5.90. The van der Waals surface area contributed by atoms with E-state index in [0.29, 0.717) is 0 Å². The molecule has 0 amide bonds. The molecule has 1 rings (SSSR count). The second-order valence-electron chi connectivity index (χ2n) is 4.63. The molecule has 0 fully saturated rings. The lowest BCUT2D eigenvalue weighted by Crippen LogP contribution is -2.20. The molecule has 0 aliphatic carbocycles. The number of aliphatic carboxylic acids is 2. The number of carboxylic acids is 2. The maximum absolute atomic E-state index is 11.3. The van der Waals surface area contributed by atoms with Crippen molar-refractivity contribution in [3.05, 3.63) is 27.8 Å². The minimum atomic E-state index is -1.30. The fraction of sp³-hybridized carbons (Fsp3) is 0.429. The zero-order valence-electron chi connectivity index (χ0n) is 13.5. The van der Waals surface area contributed by atoms with Gasteiger partial charge in [-0.3, -0.25) is 10.1 Å². The van der Waals surface area contributed by atoms with E-state index in [-0.39, 0.29) is 17.1 Å². The van der Waals surface area contributed by atoms with Gasteiger partial charge in [-0.15, -0.1) is 0 Å². The Hall–Kier alpha value is -2.92. The molecule has 25 heavy (non-hydrogen) atoms. The third-order valence-corrected chi connectivity index (χ3v) is 2.98. The zero-order valence-corrected chi connectivity index (χ0v) is 13.5. The molecule has 0 spiro atoms. The summed E-state index contributed by atoms with van der Waals surface area (Å²) >= 11 is 0. The molecule has 1 unspecified atom stereocenters. The van der Waals surface area contributed by atoms with Crippen LogP contribution in [0, 0.1) is 10.1 Å². The van der Waals surface area contributed by atoms with Crippen molar-refractivity contribution in [2.75, 3.05) is 34.0 Å². The lowest BCUT2D eigenvalue weighted by molar-refractivity contribution is -0.386. The number of rotatable bonds is 11. The van der Waals surface area contributed by atoms with Gasteiger partial charge >= 0.3 is 11.9 Å². The first-order valence-electron chi connectivity index (χ1n) is 6.83. The summed E-state index contributed by atoms with van der Waals surface area (Å²) in [4.78, 5) is 31.9. The molecule has 2 N–H and O–H groups in total. The molecule has 0 radical (unpaired) electrons. The van der Waals surface area contributed by atoms with Gasteiger partial charge in [0.05, 0.1) is 37.4 Å². The average Bonchev–Trinajstić information content (AvgIpc) is 2.56. The molecule has 0 aliphatic heterocycles. The monoisotopic (exact) mass is 359 g/mol. The molecule has 1 aromatic rings. The van der Waals surface area contributed by atoms with Crippen molar-refractivity contribution in [1.29, 1.82) is 0 Å². The highest BCUT2D eigenvalue weighted by atomic mass is 16.6. The number of hydrogen-bond acceptors (Lipinski definition) is 8. The number of nitro benzene ring substituents is 1. The summed E-state index contributed by atoms with van der Waals surface area (Å²) in [6, 6.07) is 2.36. The Morgan fingerprint density at radius 2 is 1.68 bits per heavy atom. The van der Waals surface area contributed by atoms with Crippen LogP contribution in [0.25, 0.3) is 0 Å². The Kier molecular flexibility index (Phi) is 7.56. The van der Waals surface area contributed by atoms with E-state index in [1.165, 1.54) is 20.3 Å². The van der Waals surface area contributed by atoms with Crippen LogP contribution in [0.3, 0.4) is 0 Å². The Bertz CT molecular complexity index is 645. The number of carbonyl (C=O) groups is 2. The van der Waals surface area contributed by atoms with Crippen LogP contribution in [0.15, 0.2) is 12.1 Å². The first-order valence-corrected chi connectivity index (χ1v) is 6.83. The molecule has 0 saturated heterocycles. The van der Waals surface area contributed by atoms with Crippen LogP contribution in [0.4, 0.5) is 5.69 Å². The molecule has 11 nitrogen and oxygen atoms in total. The number of carboxylic acid groups (broad SMARTS) is 2. The minimum Gasteiger partial charge on any atom is -0.493 e. The number of nitrogens with zero attached hydrogens (tertiary/aromatic N) is 1. The lowest BCUT2D eigenvalue weighted by atomic mass is 10.1. The standard InChI is InChI=1S/C14H17NO10/c1-22-10-3-8(9(15(20)21)4-11(10)23-2)12(25-7-14(18)19)5-24-6-13(16)17/h3-4,12H,5-7H2,1-2H3,(H,16,17)(H,18,19). The summed E-state index contributed by atoms with van der Waals surface area (Å²) in [5, 5.41) is 28.7. The molecule has 1 atom stereocenters. The van der Waals surface area contributed by atoms with Gasteiger partial charge in [-0.05, 0) is 6.07 Å². The van der Waals surface area contributed by atoms with Crippen molar-refractivity contribution in [3.8, 4) is 11.5 Å². The van der Waals surface area contributed by atoms with E-state index in [2.05, 4.69) is 0 Å². The van der Waals surface area contributed by atoms with Crippen molar-refractivity contribution in [3.63, 3.8) is 0 Å². The number of ether oxygens (including phenoxy) is 4. The Morgan fingerprint density at radius 3 is 2.16 bits per heavy atom. The van der Waals surface area contributed by atoms with E-state index in [1.807, 2.05) is 0 Å². The Balaban J connectivity index is 3.25. The molecular formula is C14H17NO10. The van der Waals surface area contributed by atoms with Crippen molar-refractivity contribution in [2.24, 2.45) is 0 Å². The molecule has 138 valence electrons. The van der Waals surface area contributed by atoms with Gasteiger partial charge in [-0.25, -0.2) is 9.59 Å². The minimum absolute atomic E-state index is 0.0331. The lowest BCUT2D eigenvalue weighted by Gasteiger charge is -2.19. The SMILES string of the molecule is COc1cc(C(COCC(=O)O)OCC(=O)O)c([N+](=O)[O-])cc1OC. The zero-order chi connectivity index (χ0) is 19.0. The van der Waals surface area contributed by atoms with Gasteiger partial charge in [0.25, 0.3) is 5.69 Å². The van der Waals surface area contributed by atoms with Crippen molar-refractivity contribution in [1.82, 2.24) is 0 Å². The summed E-state index contributed by atoms with van der Waals surface area (Å²) in [6.45, 7) is -1.84. The van der Waals surface area contributed by atoms with Crippen LogP contribution < -0.4 is 9.47 Å². The molecule has 0 bridgehead atoms. The second kappa shape index (κ2) is 9.39. The predicted octanol–water partition coefficient (Wildman–Crippen LogP) is 0.855. The van der Waals surface area contributed by atoms with Crippen LogP contribution >= 0.6 is 0 Å². The van der Waals surface area contributed by atoms with E-state index in [0.717, 1.165) is 6.07 Å². The Morgan fingerprint density at radius 1 is 1.12 bits per heavy atom. The topological polar surface area (TPSA) is 155 Å². The second-order valence-corrected chi connectivity index (χ2v) is 4.63. The number of methoxy groups -OCH3 is 2. The Labute approximate surface area is 141 Å². The summed E-state index contributed by atoms with van der Waals surface area (Å²) < 4.78 is 20.1. The van der Waals surface area contributed by atoms with Gasteiger partial charge in [0, 0.05) is 0 Å². The van der Waals surface area contributed by atoms with Crippen LogP contribution in [0.2, 0.25) is 0 Å². The van der Waals surface area contributed by atoms with E-state index >= 15 is 0 Å². The van der Waals surface area contributed by atoms with Crippen LogP contribution in [-0.2, 0) is 19.1 Å². The van der Waals surface area contributed by atoms with Crippen LogP contribution in [-0.4, -0.2) is 61.1 Å². The average molecular weight is 359 g/mol. The van der Waals surface area contributed by atoms with Crippen LogP contribution in [0.1, 0.15) is 11.7 Å². The molecule has 11 heteroatoms. The van der Waals surface area contributed by atoms with Crippen LogP contribution in [0.5, 0.6) is 11.5 Å². The smallest absolute Gasteiger partial charge is 0.329 e. The summed E-state index contributed by atoms with van der Waals surface area (Å²) in [5.41, 5.74) is -0.443. The molecular weight excluding hydrogens is 342 g/mol. The first kappa shape index (κ1) is 20.1. The molecule has 0 saturated carbocycles. The summed E-state index contributed by atoms with van der Waals surface area (Å²) in [7, 11) is 2.62. The highest BCUT2D eigenvalue weighted by molar-refractivity contribution is 5.68. The fourth-order valence-corrected chi connectivity index (χ4v) is 1.95. The number of nitro groups is 1. The van der Waals surface area contributed by atoms with Gasteiger partial charge in [0.15, 0.2) is 11.5 Å². The van der Waals surface area contributed by atoms with Gasteiger partial charge in [-0.2, -0.15) is 0 Å². The molecule has 0 aliphatic rings. The third-order valence-electron chi connectivity index (χ3n) is 2.98. The van der Waals surface area contributed by atoms with E-state index < -0.39 is 48.5 Å². The molecule has 1 aromatic carbocycles. The highest BCUT2D eigenvalue weighted by Gasteiger charge is 2.27. The molecule has 0 heterocycles. The van der Waals surface area contributed by atoms with Gasteiger partial charge in [0.2, 0.25) is 0 Å². The van der Waals surface area contributed by atoms with Gasteiger partial charge < -0.3 is 29.2 Å². The first-order chi connectivity index (χ1) is 11.8. The predicted molar refractivity (Wildman–Crippen MR) is 81.0 cm³/mol. The van der Waals surface area contributed by atoms with Crippen molar-refractivity contribution >= 4 is 17.6 Å². The van der Waals surface area contributed by atoms with Gasteiger partial charge in [0.1, 0.15) is 19.3 Å². The maximum atomic E-state index is 11.3. The number of benzene rings is 1.